The van der Waals surface area contributed by atoms with Crippen LogP contribution in [0.15, 0.2) is 33.7 Å². The smallest absolute Gasteiger partial charge is 0.246 e. The first-order chi connectivity index (χ1) is 12.4. The molecule has 2 aliphatic heterocycles. The number of hydrogen-bond acceptors (Lipinski definition) is 6. The van der Waals surface area contributed by atoms with Gasteiger partial charge in [-0.25, -0.2) is 12.8 Å². The number of nitrogens with zero attached hydrogens (tertiary/aromatic N) is 3. The average molecular weight is 381 g/mol. The SMILES string of the molecule is Cc1nc(C2CN(S(=O)(=O)c3ccccc3F)CC23CCOCC3)no1. The molecule has 0 amide bonds. The zero-order chi connectivity index (χ0) is 18.4. The highest BCUT2D eigenvalue weighted by molar-refractivity contribution is 7.89. The van der Waals surface area contributed by atoms with Crippen molar-refractivity contribution in [3.8, 4) is 0 Å². The van der Waals surface area contributed by atoms with Crippen molar-refractivity contribution >= 4 is 10.0 Å². The van der Waals surface area contributed by atoms with Crippen molar-refractivity contribution in [3.63, 3.8) is 0 Å². The maximum atomic E-state index is 14.1. The van der Waals surface area contributed by atoms with E-state index in [1.807, 2.05) is 0 Å². The number of hydrogen-bond donors (Lipinski definition) is 0. The summed E-state index contributed by atoms with van der Waals surface area (Å²) in [6.45, 7) is 3.32. The van der Waals surface area contributed by atoms with E-state index in [0.717, 1.165) is 6.07 Å². The lowest BCUT2D eigenvalue weighted by Gasteiger charge is -2.36. The Labute approximate surface area is 151 Å². The van der Waals surface area contributed by atoms with Crippen LogP contribution in [0.5, 0.6) is 0 Å². The van der Waals surface area contributed by atoms with Crippen LogP contribution in [0, 0.1) is 18.2 Å². The summed E-state index contributed by atoms with van der Waals surface area (Å²) in [7, 11) is -3.95. The standard InChI is InChI=1S/C17H20FN3O4S/c1-12-19-16(20-25-12)13-10-21(11-17(13)6-8-24-9-7-17)26(22,23)15-5-3-2-4-14(15)18/h2-5,13H,6-11H2,1H3. The van der Waals surface area contributed by atoms with E-state index in [2.05, 4.69) is 10.1 Å². The zero-order valence-corrected chi connectivity index (χ0v) is 15.2. The van der Waals surface area contributed by atoms with Gasteiger partial charge in [-0.05, 0) is 30.4 Å². The van der Waals surface area contributed by atoms with Crippen LogP contribution in [0.2, 0.25) is 0 Å². The van der Waals surface area contributed by atoms with E-state index in [1.165, 1.54) is 22.5 Å². The molecule has 2 fully saturated rings. The summed E-state index contributed by atoms with van der Waals surface area (Å²) in [5.41, 5.74) is -0.326. The second-order valence-electron chi connectivity index (χ2n) is 6.93. The molecule has 0 bridgehead atoms. The summed E-state index contributed by atoms with van der Waals surface area (Å²) in [6.07, 6.45) is 1.41. The van der Waals surface area contributed by atoms with Gasteiger partial charge in [0.1, 0.15) is 10.7 Å². The van der Waals surface area contributed by atoms with Gasteiger partial charge >= 0.3 is 0 Å². The van der Waals surface area contributed by atoms with E-state index in [1.54, 1.807) is 6.92 Å². The summed E-state index contributed by atoms with van der Waals surface area (Å²) >= 11 is 0. The Morgan fingerprint density at radius 3 is 2.65 bits per heavy atom. The summed E-state index contributed by atoms with van der Waals surface area (Å²) in [5.74, 6) is 0.00559. The number of rotatable bonds is 3. The number of aryl methyl sites for hydroxylation is 1. The number of benzene rings is 1. The molecule has 0 radical (unpaired) electrons. The molecule has 1 aromatic heterocycles. The summed E-state index contributed by atoms with van der Waals surface area (Å²) in [5, 5.41) is 4.03. The summed E-state index contributed by atoms with van der Waals surface area (Å²) in [6, 6.07) is 5.46. The van der Waals surface area contributed by atoms with E-state index < -0.39 is 15.8 Å². The van der Waals surface area contributed by atoms with E-state index in [4.69, 9.17) is 9.26 Å². The van der Waals surface area contributed by atoms with E-state index >= 15 is 0 Å². The Morgan fingerprint density at radius 2 is 2.00 bits per heavy atom. The lowest BCUT2D eigenvalue weighted by molar-refractivity contribution is 0.0132. The molecule has 2 saturated heterocycles. The van der Waals surface area contributed by atoms with Gasteiger partial charge in [0.2, 0.25) is 15.9 Å². The van der Waals surface area contributed by atoms with Crippen LogP contribution in [-0.2, 0) is 14.8 Å². The molecule has 4 rings (SSSR count). The second-order valence-corrected chi connectivity index (χ2v) is 8.83. The van der Waals surface area contributed by atoms with Crippen LogP contribution < -0.4 is 0 Å². The third-order valence-electron chi connectivity index (χ3n) is 5.41. The largest absolute Gasteiger partial charge is 0.381 e. The second kappa shape index (κ2) is 6.40. The predicted molar refractivity (Wildman–Crippen MR) is 89.4 cm³/mol. The maximum absolute atomic E-state index is 14.1. The van der Waals surface area contributed by atoms with Crippen LogP contribution in [-0.4, -0.2) is 49.2 Å². The highest BCUT2D eigenvalue weighted by Gasteiger charge is 2.53. The van der Waals surface area contributed by atoms with Crippen LogP contribution in [0.25, 0.3) is 0 Å². The molecule has 9 heteroatoms. The third-order valence-corrected chi connectivity index (χ3v) is 7.26. The molecular weight excluding hydrogens is 361 g/mol. The molecule has 0 aliphatic carbocycles. The fourth-order valence-electron chi connectivity index (χ4n) is 4.00. The van der Waals surface area contributed by atoms with Gasteiger partial charge in [-0.15, -0.1) is 0 Å². The van der Waals surface area contributed by atoms with Crippen LogP contribution in [0.3, 0.4) is 0 Å². The first-order valence-corrected chi connectivity index (χ1v) is 9.99. The Morgan fingerprint density at radius 1 is 1.27 bits per heavy atom. The fraction of sp³-hybridized carbons (Fsp3) is 0.529. The van der Waals surface area contributed by atoms with Crippen LogP contribution in [0.1, 0.15) is 30.5 Å². The molecule has 1 atom stereocenters. The van der Waals surface area contributed by atoms with E-state index in [-0.39, 0.29) is 22.8 Å². The number of halogens is 1. The predicted octanol–water partition coefficient (Wildman–Crippen LogP) is 2.10. The fourth-order valence-corrected chi connectivity index (χ4v) is 5.61. The van der Waals surface area contributed by atoms with Crippen molar-refractivity contribution in [1.82, 2.24) is 14.4 Å². The molecule has 0 saturated carbocycles. The van der Waals surface area contributed by atoms with Gasteiger partial charge in [0.15, 0.2) is 5.82 Å². The zero-order valence-electron chi connectivity index (χ0n) is 14.4. The van der Waals surface area contributed by atoms with Crippen LogP contribution in [0.4, 0.5) is 4.39 Å². The highest BCUT2D eigenvalue weighted by Crippen LogP contribution is 2.50. The molecule has 1 aromatic carbocycles. The molecular formula is C17H20FN3O4S. The van der Waals surface area contributed by atoms with Crippen molar-refractivity contribution in [2.75, 3.05) is 26.3 Å². The first kappa shape index (κ1) is 17.6. The molecule has 2 aromatic rings. The van der Waals surface area contributed by atoms with Crippen molar-refractivity contribution in [3.05, 3.63) is 41.8 Å². The third kappa shape index (κ3) is 2.83. The number of aromatic nitrogens is 2. The lowest BCUT2D eigenvalue weighted by atomic mass is 9.72. The Hall–Kier alpha value is -1.84. The van der Waals surface area contributed by atoms with Gasteiger partial charge in [-0.3, -0.25) is 0 Å². The first-order valence-electron chi connectivity index (χ1n) is 8.55. The van der Waals surface area contributed by atoms with Crippen molar-refractivity contribution in [1.29, 1.82) is 0 Å². The van der Waals surface area contributed by atoms with Gasteiger partial charge in [-0.2, -0.15) is 9.29 Å². The van der Waals surface area contributed by atoms with Gasteiger partial charge in [0.25, 0.3) is 0 Å². The molecule has 7 nitrogen and oxygen atoms in total. The molecule has 26 heavy (non-hydrogen) atoms. The quantitative estimate of drug-likeness (QED) is 0.809. The minimum atomic E-state index is -3.95. The van der Waals surface area contributed by atoms with E-state index in [9.17, 15) is 12.8 Å². The van der Waals surface area contributed by atoms with Gasteiger partial charge in [0.05, 0.1) is 0 Å². The topological polar surface area (TPSA) is 85.5 Å². The van der Waals surface area contributed by atoms with Gasteiger partial charge < -0.3 is 9.26 Å². The Bertz CT molecular complexity index is 908. The molecule has 140 valence electrons. The molecule has 1 unspecified atom stereocenters. The molecule has 1 spiro atoms. The monoisotopic (exact) mass is 381 g/mol. The Kier molecular flexibility index (Phi) is 4.32. The lowest BCUT2D eigenvalue weighted by Crippen LogP contribution is -2.37. The minimum Gasteiger partial charge on any atom is -0.381 e. The van der Waals surface area contributed by atoms with E-state index in [0.29, 0.717) is 44.3 Å². The number of sulfonamides is 1. The molecule has 3 heterocycles. The van der Waals surface area contributed by atoms with Crippen molar-refractivity contribution in [2.45, 2.75) is 30.6 Å². The Balaban J connectivity index is 1.72. The average Bonchev–Trinajstić information content (AvgIpc) is 3.20. The van der Waals surface area contributed by atoms with Crippen LogP contribution >= 0.6 is 0 Å². The summed E-state index contributed by atoms with van der Waals surface area (Å²) < 4.78 is 52.2. The molecule has 2 aliphatic rings. The van der Waals surface area contributed by atoms with Crippen molar-refractivity contribution < 1.29 is 22.1 Å². The maximum Gasteiger partial charge on any atom is 0.246 e. The normalized spacial score (nSPS) is 23.5. The summed E-state index contributed by atoms with van der Waals surface area (Å²) in [4.78, 5) is 4.04. The molecule has 0 N–H and O–H groups in total. The minimum absolute atomic E-state index is 0.203. The number of ether oxygens (including phenoxy) is 1. The van der Waals surface area contributed by atoms with Gasteiger partial charge in [-0.1, -0.05) is 17.3 Å². The van der Waals surface area contributed by atoms with Crippen molar-refractivity contribution in [2.24, 2.45) is 5.41 Å². The highest BCUT2D eigenvalue weighted by atomic mass is 32.2. The van der Waals surface area contributed by atoms with Gasteiger partial charge in [0, 0.05) is 39.1 Å².